The first-order chi connectivity index (χ1) is 11.4. The summed E-state index contributed by atoms with van der Waals surface area (Å²) in [4.78, 5) is 0.373. The molecule has 0 saturated carbocycles. The maximum atomic E-state index is 13.1. The number of nitrogens with zero attached hydrogens (tertiary/aromatic N) is 4. The van der Waals surface area contributed by atoms with Crippen LogP contribution in [0.2, 0.25) is 0 Å². The predicted molar refractivity (Wildman–Crippen MR) is 90.2 cm³/mol. The molecule has 1 aliphatic rings. The van der Waals surface area contributed by atoms with E-state index in [1.165, 1.54) is 0 Å². The van der Waals surface area contributed by atoms with Gasteiger partial charge in [0.05, 0.1) is 0 Å². The van der Waals surface area contributed by atoms with Gasteiger partial charge in [-0.25, -0.2) is 8.42 Å². The molecule has 2 aromatic rings. The van der Waals surface area contributed by atoms with E-state index in [0.717, 1.165) is 19.3 Å². The van der Waals surface area contributed by atoms with Crippen LogP contribution in [0.1, 0.15) is 43.3 Å². The average Bonchev–Trinajstić information content (AvgIpc) is 3.12. The minimum Gasteiger partial charge on any atom is -0.419 e. The lowest BCUT2D eigenvalue weighted by atomic mass is 10.2. The average molecular weight is 352 g/mol. The Labute approximate surface area is 142 Å². The van der Waals surface area contributed by atoms with Gasteiger partial charge in [-0.1, -0.05) is 13.3 Å². The SMILES string of the molecule is CCc1nnc(-c2c(C)c(S(=O)(=O)N3CCCCC3)c(C)n2C)o1. The molecule has 7 nitrogen and oxygen atoms in total. The molecular formula is C16H24N4O3S. The van der Waals surface area contributed by atoms with Crippen LogP contribution in [0.3, 0.4) is 0 Å². The van der Waals surface area contributed by atoms with Gasteiger partial charge in [0.25, 0.3) is 5.89 Å². The van der Waals surface area contributed by atoms with Crippen LogP contribution < -0.4 is 0 Å². The molecule has 0 atom stereocenters. The van der Waals surface area contributed by atoms with E-state index >= 15 is 0 Å². The van der Waals surface area contributed by atoms with E-state index in [0.29, 0.717) is 53.1 Å². The number of rotatable bonds is 4. The third-order valence-electron chi connectivity index (χ3n) is 4.75. The molecule has 8 heteroatoms. The molecule has 1 fully saturated rings. The van der Waals surface area contributed by atoms with Crippen molar-refractivity contribution in [2.75, 3.05) is 13.1 Å². The van der Waals surface area contributed by atoms with Crippen LogP contribution in [0.15, 0.2) is 9.31 Å². The summed E-state index contributed by atoms with van der Waals surface area (Å²) >= 11 is 0. The Hall–Kier alpha value is -1.67. The molecule has 1 saturated heterocycles. The third-order valence-corrected chi connectivity index (χ3v) is 6.91. The topological polar surface area (TPSA) is 81.2 Å². The van der Waals surface area contributed by atoms with Crippen molar-refractivity contribution in [2.45, 2.75) is 51.3 Å². The Kier molecular flexibility index (Phi) is 4.52. The van der Waals surface area contributed by atoms with Gasteiger partial charge in [0, 0.05) is 37.8 Å². The Morgan fingerprint density at radius 2 is 1.79 bits per heavy atom. The summed E-state index contributed by atoms with van der Waals surface area (Å²) in [6.07, 6.45) is 3.57. The van der Waals surface area contributed by atoms with Crippen molar-refractivity contribution in [2.24, 2.45) is 7.05 Å². The van der Waals surface area contributed by atoms with E-state index in [-0.39, 0.29) is 0 Å². The Bertz CT molecular complexity index is 845. The molecule has 0 aliphatic carbocycles. The third kappa shape index (κ3) is 2.67. The van der Waals surface area contributed by atoms with Crippen LogP contribution >= 0.6 is 0 Å². The van der Waals surface area contributed by atoms with Crippen LogP contribution in [-0.4, -0.2) is 40.6 Å². The van der Waals surface area contributed by atoms with Gasteiger partial charge in [-0.15, -0.1) is 10.2 Å². The molecule has 0 bridgehead atoms. The second-order valence-corrected chi connectivity index (χ2v) is 8.14. The first-order valence-corrected chi connectivity index (χ1v) is 9.80. The quantitative estimate of drug-likeness (QED) is 0.844. The zero-order chi connectivity index (χ0) is 17.5. The molecule has 3 rings (SSSR count). The van der Waals surface area contributed by atoms with E-state index in [2.05, 4.69) is 10.2 Å². The number of piperidine rings is 1. The Balaban J connectivity index is 2.11. The molecule has 0 amide bonds. The van der Waals surface area contributed by atoms with Crippen LogP contribution in [0.4, 0.5) is 0 Å². The van der Waals surface area contributed by atoms with E-state index < -0.39 is 10.0 Å². The van der Waals surface area contributed by atoms with Gasteiger partial charge < -0.3 is 8.98 Å². The minimum absolute atomic E-state index is 0.370. The van der Waals surface area contributed by atoms with Gasteiger partial charge >= 0.3 is 0 Å². The van der Waals surface area contributed by atoms with Crippen molar-refractivity contribution in [1.29, 1.82) is 0 Å². The minimum atomic E-state index is -3.51. The zero-order valence-corrected chi connectivity index (χ0v) is 15.5. The number of hydrogen-bond acceptors (Lipinski definition) is 5. The molecule has 2 aromatic heterocycles. The standard InChI is InChI=1S/C16H24N4O3S/c1-5-13-17-18-16(23-13)14-11(2)15(12(3)19(14)4)24(21,22)20-9-7-6-8-10-20/h5-10H2,1-4H3. The van der Waals surface area contributed by atoms with E-state index in [9.17, 15) is 8.42 Å². The van der Waals surface area contributed by atoms with Gasteiger partial charge in [0.1, 0.15) is 10.6 Å². The van der Waals surface area contributed by atoms with Crippen molar-refractivity contribution in [1.82, 2.24) is 19.1 Å². The van der Waals surface area contributed by atoms with Gasteiger partial charge in [0.2, 0.25) is 15.9 Å². The fourth-order valence-corrected chi connectivity index (χ4v) is 5.35. The highest BCUT2D eigenvalue weighted by Gasteiger charge is 2.33. The maximum absolute atomic E-state index is 13.1. The summed E-state index contributed by atoms with van der Waals surface area (Å²) in [5.74, 6) is 0.915. The Morgan fingerprint density at radius 1 is 1.12 bits per heavy atom. The lowest BCUT2D eigenvalue weighted by Gasteiger charge is -2.26. The van der Waals surface area contributed by atoms with E-state index in [1.54, 1.807) is 4.31 Å². The number of sulfonamides is 1. The highest BCUT2D eigenvalue weighted by molar-refractivity contribution is 7.89. The van der Waals surface area contributed by atoms with Crippen molar-refractivity contribution in [3.8, 4) is 11.6 Å². The first-order valence-electron chi connectivity index (χ1n) is 8.36. The highest BCUT2D eigenvalue weighted by Crippen LogP contribution is 2.34. The summed E-state index contributed by atoms with van der Waals surface area (Å²) in [5, 5.41) is 8.08. The number of aryl methyl sites for hydroxylation is 1. The molecule has 0 aromatic carbocycles. The van der Waals surface area contributed by atoms with E-state index in [4.69, 9.17) is 4.42 Å². The molecule has 24 heavy (non-hydrogen) atoms. The molecule has 0 N–H and O–H groups in total. The number of hydrogen-bond donors (Lipinski definition) is 0. The summed E-state index contributed by atoms with van der Waals surface area (Å²) in [5.41, 5.74) is 2.05. The van der Waals surface area contributed by atoms with Crippen LogP contribution in [-0.2, 0) is 23.5 Å². The summed E-state index contributed by atoms with van der Waals surface area (Å²) in [6, 6.07) is 0. The normalized spacial score (nSPS) is 16.7. The van der Waals surface area contributed by atoms with Gasteiger partial charge in [-0.2, -0.15) is 4.31 Å². The molecule has 132 valence electrons. The molecule has 0 spiro atoms. The van der Waals surface area contributed by atoms with Crippen molar-refractivity contribution in [3.05, 3.63) is 17.1 Å². The van der Waals surface area contributed by atoms with Crippen molar-refractivity contribution in [3.63, 3.8) is 0 Å². The van der Waals surface area contributed by atoms with Crippen LogP contribution in [0.5, 0.6) is 0 Å². The summed E-state index contributed by atoms with van der Waals surface area (Å²) in [6.45, 7) is 6.75. The van der Waals surface area contributed by atoms with Gasteiger partial charge in [0.15, 0.2) is 0 Å². The van der Waals surface area contributed by atoms with Gasteiger partial charge in [-0.05, 0) is 26.7 Å². The Morgan fingerprint density at radius 3 is 2.38 bits per heavy atom. The zero-order valence-electron chi connectivity index (χ0n) is 14.7. The lowest BCUT2D eigenvalue weighted by molar-refractivity contribution is 0.346. The molecular weight excluding hydrogens is 328 g/mol. The smallest absolute Gasteiger partial charge is 0.264 e. The van der Waals surface area contributed by atoms with Crippen molar-refractivity contribution >= 4 is 10.0 Å². The second-order valence-electron chi connectivity index (χ2n) is 6.27. The second kappa shape index (κ2) is 6.33. The summed E-state index contributed by atoms with van der Waals surface area (Å²) < 4.78 is 35.4. The van der Waals surface area contributed by atoms with Crippen molar-refractivity contribution < 1.29 is 12.8 Å². The predicted octanol–water partition coefficient (Wildman–Crippen LogP) is 2.43. The maximum Gasteiger partial charge on any atom is 0.264 e. The molecule has 0 unspecified atom stereocenters. The molecule has 0 radical (unpaired) electrons. The van der Waals surface area contributed by atoms with E-state index in [1.807, 2.05) is 32.4 Å². The monoisotopic (exact) mass is 352 g/mol. The first kappa shape index (κ1) is 17.2. The molecule has 3 heterocycles. The van der Waals surface area contributed by atoms with Crippen LogP contribution in [0, 0.1) is 13.8 Å². The van der Waals surface area contributed by atoms with Crippen LogP contribution in [0.25, 0.3) is 11.6 Å². The fraction of sp³-hybridized carbons (Fsp3) is 0.625. The molecule has 1 aliphatic heterocycles. The highest BCUT2D eigenvalue weighted by atomic mass is 32.2. The fourth-order valence-electron chi connectivity index (χ4n) is 3.36. The largest absolute Gasteiger partial charge is 0.419 e. The summed E-state index contributed by atoms with van der Waals surface area (Å²) in [7, 11) is -1.67. The lowest BCUT2D eigenvalue weighted by Crippen LogP contribution is -2.36. The van der Waals surface area contributed by atoms with Gasteiger partial charge in [-0.3, -0.25) is 0 Å². The number of aromatic nitrogens is 3.